The lowest BCUT2D eigenvalue weighted by Gasteiger charge is -2.03. The highest BCUT2D eigenvalue weighted by molar-refractivity contribution is 7.20. The summed E-state index contributed by atoms with van der Waals surface area (Å²) in [6.45, 7) is 0. The lowest BCUT2D eigenvalue weighted by Crippen LogP contribution is -2.13. The zero-order valence-electron chi connectivity index (χ0n) is 11.9. The zero-order chi connectivity index (χ0) is 16.2. The monoisotopic (exact) mass is 338 g/mol. The molecule has 5 heteroatoms. The van der Waals surface area contributed by atoms with Gasteiger partial charge in [-0.25, -0.2) is 0 Å². The van der Waals surface area contributed by atoms with E-state index >= 15 is 0 Å². The number of nitriles is 1. The van der Waals surface area contributed by atoms with Crippen molar-refractivity contribution in [3.05, 3.63) is 70.1 Å². The van der Waals surface area contributed by atoms with Crippen LogP contribution in [0.1, 0.15) is 4.88 Å². The summed E-state index contributed by atoms with van der Waals surface area (Å²) in [5.41, 5.74) is 0.656. The van der Waals surface area contributed by atoms with Gasteiger partial charge in [0.15, 0.2) is 0 Å². The molecule has 1 amide bonds. The van der Waals surface area contributed by atoms with Gasteiger partial charge in [-0.1, -0.05) is 48.0 Å². The van der Waals surface area contributed by atoms with Gasteiger partial charge in [-0.05, 0) is 24.3 Å². The van der Waals surface area contributed by atoms with Crippen molar-refractivity contribution in [2.75, 3.05) is 5.32 Å². The molecule has 0 aliphatic rings. The van der Waals surface area contributed by atoms with Gasteiger partial charge in [-0.15, -0.1) is 11.3 Å². The number of halogens is 1. The average Bonchev–Trinajstić information content (AvgIpc) is 2.90. The minimum absolute atomic E-state index is 0.0160. The summed E-state index contributed by atoms with van der Waals surface area (Å²) >= 11 is 7.80. The van der Waals surface area contributed by atoms with Gasteiger partial charge in [0.05, 0.1) is 5.02 Å². The van der Waals surface area contributed by atoms with E-state index in [1.54, 1.807) is 12.1 Å². The highest BCUT2D eigenvalue weighted by Gasteiger charge is 2.13. The molecule has 0 spiro atoms. The molecule has 1 aromatic heterocycles. The summed E-state index contributed by atoms with van der Waals surface area (Å²) in [6, 6.07) is 18.7. The molecule has 2 aromatic carbocycles. The van der Waals surface area contributed by atoms with Crippen LogP contribution in [0.4, 0.5) is 5.69 Å². The van der Waals surface area contributed by atoms with Crippen molar-refractivity contribution in [1.29, 1.82) is 5.26 Å². The maximum absolute atomic E-state index is 12.2. The van der Waals surface area contributed by atoms with E-state index in [0.717, 1.165) is 10.1 Å². The van der Waals surface area contributed by atoms with Crippen LogP contribution in [0.3, 0.4) is 0 Å². The van der Waals surface area contributed by atoms with Gasteiger partial charge in [0.25, 0.3) is 5.91 Å². The fourth-order valence-electron chi connectivity index (χ4n) is 2.13. The third-order valence-corrected chi connectivity index (χ3v) is 4.87. The Bertz CT molecular complexity index is 939. The van der Waals surface area contributed by atoms with Crippen LogP contribution >= 0.6 is 22.9 Å². The van der Waals surface area contributed by atoms with E-state index in [4.69, 9.17) is 11.6 Å². The van der Waals surface area contributed by atoms with Crippen LogP contribution in [-0.4, -0.2) is 5.91 Å². The second-order valence-electron chi connectivity index (χ2n) is 4.77. The first-order valence-corrected chi connectivity index (χ1v) is 8.03. The number of anilines is 1. The molecule has 3 nitrogen and oxygen atoms in total. The topological polar surface area (TPSA) is 52.9 Å². The molecule has 23 heavy (non-hydrogen) atoms. The molecule has 3 aromatic rings. The van der Waals surface area contributed by atoms with Crippen molar-refractivity contribution in [1.82, 2.24) is 0 Å². The van der Waals surface area contributed by atoms with Crippen molar-refractivity contribution >= 4 is 50.7 Å². The summed E-state index contributed by atoms with van der Waals surface area (Å²) in [6.07, 6.45) is 1.53. The van der Waals surface area contributed by atoms with Crippen molar-refractivity contribution in [2.45, 2.75) is 0 Å². The van der Waals surface area contributed by atoms with Crippen molar-refractivity contribution in [2.24, 2.45) is 0 Å². The van der Waals surface area contributed by atoms with Gasteiger partial charge in [0.1, 0.15) is 11.6 Å². The van der Waals surface area contributed by atoms with Crippen molar-refractivity contribution in [3.63, 3.8) is 0 Å². The number of para-hydroxylation sites is 1. The first-order chi connectivity index (χ1) is 11.2. The molecule has 3 rings (SSSR count). The zero-order valence-corrected chi connectivity index (χ0v) is 13.5. The lowest BCUT2D eigenvalue weighted by molar-refractivity contribution is -0.112. The molecule has 0 radical (unpaired) electrons. The number of amides is 1. The van der Waals surface area contributed by atoms with Gasteiger partial charge >= 0.3 is 0 Å². The van der Waals surface area contributed by atoms with Crippen LogP contribution in [0.2, 0.25) is 5.02 Å². The number of nitrogens with zero attached hydrogens (tertiary/aromatic N) is 1. The van der Waals surface area contributed by atoms with Crippen LogP contribution in [0.25, 0.3) is 16.2 Å². The molecule has 0 fully saturated rings. The summed E-state index contributed by atoms with van der Waals surface area (Å²) in [5, 5.41) is 13.5. The summed E-state index contributed by atoms with van der Waals surface area (Å²) < 4.78 is 1.02. The number of carbonyl (C=O) groups is 1. The van der Waals surface area contributed by atoms with Crippen LogP contribution in [0.5, 0.6) is 0 Å². The predicted octanol–water partition coefficient (Wildman–Crippen LogP) is 5.10. The number of thiophene rings is 1. The molecule has 0 saturated carbocycles. The van der Waals surface area contributed by atoms with Crippen molar-refractivity contribution in [3.8, 4) is 6.07 Å². The van der Waals surface area contributed by atoms with Crippen molar-refractivity contribution < 1.29 is 4.79 Å². The maximum Gasteiger partial charge on any atom is 0.266 e. The number of fused-ring (bicyclic) bond motifs is 1. The largest absolute Gasteiger partial charge is 0.321 e. The second kappa shape index (κ2) is 6.66. The van der Waals surface area contributed by atoms with E-state index < -0.39 is 5.91 Å². The minimum atomic E-state index is -0.452. The highest BCUT2D eigenvalue weighted by atomic mass is 35.5. The Kier molecular flexibility index (Phi) is 4.42. The fourth-order valence-corrected chi connectivity index (χ4v) is 3.56. The lowest BCUT2D eigenvalue weighted by atomic mass is 10.2. The Hall–Kier alpha value is -2.61. The van der Waals surface area contributed by atoms with E-state index in [2.05, 4.69) is 5.32 Å². The number of benzene rings is 2. The normalized spacial score (nSPS) is 11.2. The molecule has 1 N–H and O–H groups in total. The Labute approximate surface area is 142 Å². The average molecular weight is 339 g/mol. The van der Waals surface area contributed by atoms with Crippen LogP contribution in [0, 0.1) is 11.3 Å². The summed E-state index contributed by atoms with van der Waals surface area (Å²) in [7, 11) is 0. The first kappa shape index (κ1) is 15.3. The quantitative estimate of drug-likeness (QED) is 0.533. The summed E-state index contributed by atoms with van der Waals surface area (Å²) in [5.74, 6) is -0.452. The molecule has 0 bridgehead atoms. The number of hydrogen-bond acceptors (Lipinski definition) is 3. The van der Waals surface area contributed by atoms with E-state index in [9.17, 15) is 10.1 Å². The van der Waals surface area contributed by atoms with Crippen LogP contribution in [-0.2, 0) is 4.79 Å². The van der Waals surface area contributed by atoms with E-state index in [0.29, 0.717) is 15.6 Å². The third kappa shape index (κ3) is 3.26. The number of carbonyl (C=O) groups excluding carboxylic acids is 1. The first-order valence-electron chi connectivity index (χ1n) is 6.84. The van der Waals surface area contributed by atoms with Gasteiger partial charge < -0.3 is 5.32 Å². The Morgan fingerprint density at radius 2 is 1.83 bits per heavy atom. The predicted molar refractivity (Wildman–Crippen MR) is 95.5 cm³/mol. The SMILES string of the molecule is N#C/C(=C\c1sc2ccccc2c1Cl)C(=O)Nc1ccccc1. The van der Waals surface area contributed by atoms with Crippen LogP contribution in [0.15, 0.2) is 60.2 Å². The third-order valence-electron chi connectivity index (χ3n) is 3.23. The van der Waals surface area contributed by atoms with Crippen LogP contribution < -0.4 is 5.32 Å². The fraction of sp³-hybridized carbons (Fsp3) is 0. The van der Waals surface area contributed by atoms with E-state index in [1.165, 1.54) is 17.4 Å². The molecular weight excluding hydrogens is 328 g/mol. The Morgan fingerprint density at radius 3 is 2.52 bits per heavy atom. The molecule has 0 atom stereocenters. The maximum atomic E-state index is 12.2. The molecule has 0 unspecified atom stereocenters. The Morgan fingerprint density at radius 1 is 1.13 bits per heavy atom. The van der Waals surface area contributed by atoms with Gasteiger partial charge in [-0.3, -0.25) is 4.79 Å². The van der Waals surface area contributed by atoms with E-state index in [-0.39, 0.29) is 5.57 Å². The van der Waals surface area contributed by atoms with E-state index in [1.807, 2.05) is 48.5 Å². The van der Waals surface area contributed by atoms with Gasteiger partial charge in [-0.2, -0.15) is 5.26 Å². The highest BCUT2D eigenvalue weighted by Crippen LogP contribution is 2.36. The van der Waals surface area contributed by atoms with Gasteiger partial charge in [0.2, 0.25) is 0 Å². The Balaban J connectivity index is 1.93. The number of nitrogens with one attached hydrogen (secondary N) is 1. The standard InChI is InChI=1S/C18H11ClN2OS/c19-17-14-8-4-5-9-15(14)23-16(17)10-12(11-20)18(22)21-13-6-2-1-3-7-13/h1-10H,(H,21,22)/b12-10+. The molecule has 0 aliphatic heterocycles. The molecule has 0 aliphatic carbocycles. The molecular formula is C18H11ClN2OS. The number of hydrogen-bond donors (Lipinski definition) is 1. The summed E-state index contributed by atoms with van der Waals surface area (Å²) in [4.78, 5) is 12.9. The van der Waals surface area contributed by atoms with Gasteiger partial charge in [0, 0.05) is 20.7 Å². The smallest absolute Gasteiger partial charge is 0.266 e. The number of rotatable bonds is 3. The molecule has 0 saturated heterocycles. The minimum Gasteiger partial charge on any atom is -0.321 e. The molecule has 1 heterocycles. The second-order valence-corrected chi connectivity index (χ2v) is 6.23. The molecule has 112 valence electrons.